The Kier molecular flexibility index (Phi) is 4.30. The van der Waals surface area contributed by atoms with Crippen LogP contribution in [0.15, 0.2) is 36.9 Å². The maximum Gasteiger partial charge on any atom is 0.186 e. The molecular formula is C20H23N5S. The van der Waals surface area contributed by atoms with Gasteiger partial charge in [0.2, 0.25) is 0 Å². The van der Waals surface area contributed by atoms with Crippen LogP contribution in [-0.2, 0) is 0 Å². The molecule has 0 spiro atoms. The number of hydrogen-bond acceptors (Lipinski definition) is 6. The van der Waals surface area contributed by atoms with Crippen LogP contribution in [-0.4, -0.2) is 52.1 Å². The average Bonchev–Trinajstić information content (AvgIpc) is 3.36. The van der Waals surface area contributed by atoms with Crippen molar-refractivity contribution in [2.75, 3.05) is 31.1 Å². The van der Waals surface area contributed by atoms with Gasteiger partial charge in [0.1, 0.15) is 6.33 Å². The summed E-state index contributed by atoms with van der Waals surface area (Å²) in [5.41, 5.74) is 3.30. The lowest BCUT2D eigenvalue weighted by molar-refractivity contribution is 0.175. The molecule has 1 aromatic carbocycles. The minimum atomic E-state index is 0.708. The number of aromatic nitrogens is 3. The smallest absolute Gasteiger partial charge is 0.186 e. The maximum absolute atomic E-state index is 4.90. The largest absolute Gasteiger partial charge is 0.346 e. The normalized spacial score (nSPS) is 21.5. The molecule has 0 N–H and O–H groups in total. The topological polar surface area (TPSA) is 45.2 Å². The molecular weight excluding hydrogens is 342 g/mol. The van der Waals surface area contributed by atoms with Gasteiger partial charge in [-0.1, -0.05) is 23.8 Å². The van der Waals surface area contributed by atoms with Crippen molar-refractivity contribution >= 4 is 26.7 Å². The Morgan fingerprint density at radius 2 is 1.81 bits per heavy atom. The number of rotatable bonds is 3. The third kappa shape index (κ3) is 3.08. The second-order valence-corrected chi connectivity index (χ2v) is 8.30. The van der Waals surface area contributed by atoms with Gasteiger partial charge in [0, 0.05) is 37.1 Å². The van der Waals surface area contributed by atoms with Gasteiger partial charge in [-0.3, -0.25) is 4.90 Å². The molecule has 2 aromatic heterocycles. The minimum Gasteiger partial charge on any atom is -0.346 e. The van der Waals surface area contributed by atoms with E-state index in [-0.39, 0.29) is 0 Å². The molecule has 2 fully saturated rings. The summed E-state index contributed by atoms with van der Waals surface area (Å²) in [5.74, 6) is 0. The van der Waals surface area contributed by atoms with Gasteiger partial charge < -0.3 is 4.90 Å². The van der Waals surface area contributed by atoms with Crippen LogP contribution in [0.5, 0.6) is 0 Å². The van der Waals surface area contributed by atoms with Crippen LogP contribution in [0.2, 0.25) is 0 Å². The molecule has 134 valence electrons. The van der Waals surface area contributed by atoms with Crippen molar-refractivity contribution in [2.45, 2.75) is 31.7 Å². The Morgan fingerprint density at radius 1 is 0.962 bits per heavy atom. The van der Waals surface area contributed by atoms with Crippen LogP contribution in [0.4, 0.5) is 5.13 Å². The van der Waals surface area contributed by atoms with Crippen LogP contribution >= 0.6 is 11.3 Å². The first kappa shape index (κ1) is 16.1. The molecule has 0 aliphatic carbocycles. The molecule has 4 heterocycles. The maximum atomic E-state index is 4.90. The molecule has 2 saturated heterocycles. The van der Waals surface area contributed by atoms with E-state index < -0.39 is 0 Å². The first-order chi connectivity index (χ1) is 12.9. The number of likely N-dealkylation sites (tertiary alicyclic amines) is 1. The number of fused-ring (bicyclic) bond motifs is 1. The van der Waals surface area contributed by atoms with E-state index in [1.807, 2.05) is 23.7 Å². The highest BCUT2D eigenvalue weighted by molar-refractivity contribution is 7.22. The molecule has 6 heteroatoms. The van der Waals surface area contributed by atoms with Gasteiger partial charge in [0.25, 0.3) is 0 Å². The van der Waals surface area contributed by atoms with Crippen LogP contribution < -0.4 is 4.90 Å². The lowest BCUT2D eigenvalue weighted by Gasteiger charge is -2.32. The van der Waals surface area contributed by atoms with Gasteiger partial charge in [-0.05, 0) is 50.0 Å². The molecule has 0 amide bonds. The average molecular weight is 366 g/mol. The molecule has 1 atom stereocenters. The van der Waals surface area contributed by atoms with Gasteiger partial charge in [0.15, 0.2) is 5.13 Å². The van der Waals surface area contributed by atoms with E-state index in [1.165, 1.54) is 48.6 Å². The third-order valence-electron chi connectivity index (χ3n) is 5.61. The zero-order valence-electron chi connectivity index (χ0n) is 14.8. The Balaban J connectivity index is 1.36. The van der Waals surface area contributed by atoms with Crippen molar-refractivity contribution < 1.29 is 0 Å². The quantitative estimate of drug-likeness (QED) is 0.706. The van der Waals surface area contributed by atoms with E-state index in [2.05, 4.69) is 38.0 Å². The Hall–Kier alpha value is -2.05. The number of nitrogens with zero attached hydrogens (tertiary/aromatic N) is 5. The number of thiazole rings is 1. The monoisotopic (exact) mass is 365 g/mol. The van der Waals surface area contributed by atoms with Crippen molar-refractivity contribution in [2.24, 2.45) is 0 Å². The second kappa shape index (κ2) is 6.93. The Labute approximate surface area is 157 Å². The highest BCUT2D eigenvalue weighted by atomic mass is 32.1. The Morgan fingerprint density at radius 3 is 2.65 bits per heavy atom. The minimum absolute atomic E-state index is 0.708. The summed E-state index contributed by atoms with van der Waals surface area (Å²) in [6.45, 7) is 4.81. The van der Waals surface area contributed by atoms with Gasteiger partial charge in [0.05, 0.1) is 10.2 Å². The van der Waals surface area contributed by atoms with Gasteiger partial charge in [-0.2, -0.15) is 0 Å². The van der Waals surface area contributed by atoms with Crippen molar-refractivity contribution in [3.8, 4) is 11.1 Å². The predicted molar refractivity (Wildman–Crippen MR) is 107 cm³/mol. The number of benzene rings is 1. The number of hydrogen-bond donors (Lipinski definition) is 0. The van der Waals surface area contributed by atoms with Gasteiger partial charge >= 0.3 is 0 Å². The van der Waals surface area contributed by atoms with E-state index in [4.69, 9.17) is 4.98 Å². The Bertz CT molecular complexity index is 888. The second-order valence-electron chi connectivity index (χ2n) is 7.29. The van der Waals surface area contributed by atoms with Crippen LogP contribution in [0, 0.1) is 0 Å². The van der Waals surface area contributed by atoms with Crippen molar-refractivity contribution in [3.63, 3.8) is 0 Å². The molecule has 26 heavy (non-hydrogen) atoms. The van der Waals surface area contributed by atoms with Crippen molar-refractivity contribution in [1.29, 1.82) is 0 Å². The molecule has 5 rings (SSSR count). The van der Waals surface area contributed by atoms with E-state index >= 15 is 0 Å². The molecule has 2 aliphatic rings. The summed E-state index contributed by atoms with van der Waals surface area (Å²) < 4.78 is 1.24. The van der Waals surface area contributed by atoms with Gasteiger partial charge in [-0.25, -0.2) is 15.0 Å². The van der Waals surface area contributed by atoms with E-state index in [0.29, 0.717) is 6.04 Å². The molecule has 5 nitrogen and oxygen atoms in total. The number of piperidine rings is 1. The molecule has 0 bridgehead atoms. The first-order valence-electron chi connectivity index (χ1n) is 9.52. The summed E-state index contributed by atoms with van der Waals surface area (Å²) in [6.07, 6.45) is 10.7. The highest BCUT2D eigenvalue weighted by Gasteiger charge is 2.29. The summed E-state index contributed by atoms with van der Waals surface area (Å²) in [6, 6.07) is 7.16. The van der Waals surface area contributed by atoms with E-state index in [1.54, 1.807) is 6.33 Å². The predicted octanol–water partition coefficient (Wildman–Crippen LogP) is 3.82. The summed E-state index contributed by atoms with van der Waals surface area (Å²) in [5, 5.41) is 1.17. The summed E-state index contributed by atoms with van der Waals surface area (Å²) >= 11 is 1.81. The standard InChI is InChI=1S/C20H23N5S/c1-2-7-24(8-3-1)17-6-9-25(13-17)20-23-18-5-4-15(10-19(18)26-20)16-11-21-14-22-12-16/h4-5,10-12,14,17H,1-3,6-9,13H2. The zero-order valence-corrected chi connectivity index (χ0v) is 15.7. The van der Waals surface area contributed by atoms with E-state index in [0.717, 1.165) is 29.7 Å². The molecule has 0 saturated carbocycles. The van der Waals surface area contributed by atoms with Crippen molar-refractivity contribution in [3.05, 3.63) is 36.9 Å². The fraction of sp³-hybridized carbons (Fsp3) is 0.450. The van der Waals surface area contributed by atoms with Gasteiger partial charge in [-0.15, -0.1) is 0 Å². The van der Waals surface area contributed by atoms with E-state index in [9.17, 15) is 0 Å². The number of anilines is 1. The lowest BCUT2D eigenvalue weighted by Crippen LogP contribution is -2.40. The zero-order chi connectivity index (χ0) is 17.3. The van der Waals surface area contributed by atoms with Crippen molar-refractivity contribution in [1.82, 2.24) is 19.9 Å². The highest BCUT2D eigenvalue weighted by Crippen LogP contribution is 2.34. The fourth-order valence-electron chi connectivity index (χ4n) is 4.17. The van der Waals surface area contributed by atoms with Crippen LogP contribution in [0.1, 0.15) is 25.7 Å². The van der Waals surface area contributed by atoms with Crippen LogP contribution in [0.3, 0.4) is 0 Å². The molecule has 2 aliphatic heterocycles. The first-order valence-corrected chi connectivity index (χ1v) is 10.3. The third-order valence-corrected chi connectivity index (χ3v) is 6.69. The lowest BCUT2D eigenvalue weighted by atomic mass is 10.1. The molecule has 0 radical (unpaired) electrons. The SMILES string of the molecule is c1ncc(-c2ccc3nc(N4CCC(N5CCCCC5)C4)sc3c2)cn1. The summed E-state index contributed by atoms with van der Waals surface area (Å²) in [7, 11) is 0. The van der Waals surface area contributed by atoms with Crippen LogP contribution in [0.25, 0.3) is 21.3 Å². The fourth-order valence-corrected chi connectivity index (χ4v) is 5.21. The molecule has 1 unspecified atom stereocenters. The molecule has 3 aromatic rings. The summed E-state index contributed by atoms with van der Waals surface area (Å²) in [4.78, 5) is 18.3.